The van der Waals surface area contributed by atoms with E-state index in [-0.39, 0.29) is 31.6 Å². The van der Waals surface area contributed by atoms with Gasteiger partial charge >= 0.3 is 16.2 Å². The van der Waals surface area contributed by atoms with E-state index >= 15 is 0 Å². The Morgan fingerprint density at radius 2 is 1.95 bits per heavy atom. The van der Waals surface area contributed by atoms with Crippen LogP contribution in [0.1, 0.15) is 18.4 Å². The highest BCUT2D eigenvalue weighted by molar-refractivity contribution is 7.90. The summed E-state index contributed by atoms with van der Waals surface area (Å²) in [5, 5.41) is 8.90. The van der Waals surface area contributed by atoms with Crippen molar-refractivity contribution in [1.82, 2.24) is 4.31 Å². The number of carboxylic acid groups (broad SMARTS) is 1. The van der Waals surface area contributed by atoms with Crippen LogP contribution >= 0.6 is 0 Å². The molecule has 0 radical (unpaired) electrons. The molecular weight excluding hydrogens is 299 g/mol. The van der Waals surface area contributed by atoms with Crippen molar-refractivity contribution in [3.05, 3.63) is 29.6 Å². The van der Waals surface area contributed by atoms with Gasteiger partial charge in [0.1, 0.15) is 5.82 Å². The minimum atomic E-state index is -3.80. The second-order valence-electron chi connectivity index (χ2n) is 5.14. The molecule has 0 unspecified atom stereocenters. The zero-order chi connectivity index (χ0) is 15.6. The van der Waals surface area contributed by atoms with Crippen molar-refractivity contribution < 1.29 is 22.7 Å². The van der Waals surface area contributed by atoms with E-state index in [1.165, 1.54) is 16.4 Å². The number of hydrogen-bond acceptors (Lipinski definition) is 3. The number of rotatable bonds is 4. The summed E-state index contributed by atoms with van der Waals surface area (Å²) in [7, 11) is -3.80. The van der Waals surface area contributed by atoms with E-state index in [1.807, 2.05) is 0 Å². The van der Waals surface area contributed by atoms with E-state index in [9.17, 15) is 17.6 Å². The molecule has 1 fully saturated rings. The Morgan fingerprint density at radius 1 is 1.33 bits per heavy atom. The summed E-state index contributed by atoms with van der Waals surface area (Å²) < 4.78 is 41.2. The highest BCUT2D eigenvalue weighted by Crippen LogP contribution is 2.22. The van der Waals surface area contributed by atoms with Gasteiger partial charge < -0.3 is 5.11 Å². The molecule has 8 heteroatoms. The zero-order valence-corrected chi connectivity index (χ0v) is 12.4. The number of hydrogen-bond donors (Lipinski definition) is 2. The monoisotopic (exact) mass is 316 g/mol. The van der Waals surface area contributed by atoms with E-state index in [0.29, 0.717) is 5.56 Å². The molecule has 2 rings (SSSR count). The fraction of sp³-hybridized carbons (Fsp3) is 0.462. The van der Waals surface area contributed by atoms with Crippen LogP contribution in [-0.4, -0.2) is 36.9 Å². The first-order chi connectivity index (χ1) is 9.78. The van der Waals surface area contributed by atoms with Gasteiger partial charge in [-0.1, -0.05) is 0 Å². The van der Waals surface area contributed by atoms with Crippen molar-refractivity contribution in [2.75, 3.05) is 17.8 Å². The molecule has 0 aliphatic carbocycles. The quantitative estimate of drug-likeness (QED) is 0.883. The van der Waals surface area contributed by atoms with E-state index in [1.54, 1.807) is 6.92 Å². The minimum Gasteiger partial charge on any atom is -0.481 e. The summed E-state index contributed by atoms with van der Waals surface area (Å²) in [6.07, 6.45) is 0.552. The molecule has 6 nitrogen and oxygen atoms in total. The van der Waals surface area contributed by atoms with Crippen LogP contribution < -0.4 is 4.72 Å². The number of nitrogens with zero attached hydrogens (tertiary/aromatic N) is 1. The fourth-order valence-corrected chi connectivity index (χ4v) is 3.59. The lowest BCUT2D eigenvalue weighted by Crippen LogP contribution is -2.42. The Morgan fingerprint density at radius 3 is 2.48 bits per heavy atom. The number of nitrogens with one attached hydrogen (secondary N) is 1. The molecule has 0 saturated carbocycles. The van der Waals surface area contributed by atoms with Crippen molar-refractivity contribution in [2.24, 2.45) is 5.92 Å². The molecule has 0 amide bonds. The first-order valence-corrected chi connectivity index (χ1v) is 8.00. The standard InChI is InChI=1S/C13H17FN2O4S/c1-9-6-11(14)8-12(7-9)15-21(19,20)16-4-2-10(3-5-16)13(17)18/h6-8,10,15H,2-5H2,1H3,(H,17,18). The van der Waals surface area contributed by atoms with Crippen LogP contribution in [0.15, 0.2) is 18.2 Å². The molecule has 0 spiro atoms. The Balaban J connectivity index is 2.07. The van der Waals surface area contributed by atoms with Crippen molar-refractivity contribution in [3.63, 3.8) is 0 Å². The van der Waals surface area contributed by atoms with Crippen LogP contribution in [0, 0.1) is 18.7 Å². The average molecular weight is 316 g/mol. The van der Waals surface area contributed by atoms with Crippen LogP contribution in [0.5, 0.6) is 0 Å². The number of benzene rings is 1. The number of anilines is 1. The van der Waals surface area contributed by atoms with Gasteiger partial charge in [-0.05, 0) is 43.5 Å². The number of piperidine rings is 1. The third-order valence-corrected chi connectivity index (χ3v) is 4.97. The van der Waals surface area contributed by atoms with Gasteiger partial charge in [0.2, 0.25) is 0 Å². The zero-order valence-electron chi connectivity index (χ0n) is 11.5. The lowest BCUT2D eigenvalue weighted by atomic mass is 9.99. The van der Waals surface area contributed by atoms with Crippen LogP contribution in [0.25, 0.3) is 0 Å². The summed E-state index contributed by atoms with van der Waals surface area (Å²) >= 11 is 0. The second kappa shape index (κ2) is 5.98. The molecule has 1 aliphatic heterocycles. The van der Waals surface area contributed by atoms with E-state index in [0.717, 1.165) is 6.07 Å². The largest absolute Gasteiger partial charge is 0.481 e. The smallest absolute Gasteiger partial charge is 0.306 e. The van der Waals surface area contributed by atoms with E-state index in [4.69, 9.17) is 5.11 Å². The molecule has 0 atom stereocenters. The minimum absolute atomic E-state index is 0.139. The maximum atomic E-state index is 13.3. The topological polar surface area (TPSA) is 86.7 Å². The van der Waals surface area contributed by atoms with Crippen LogP contribution in [-0.2, 0) is 15.0 Å². The van der Waals surface area contributed by atoms with Crippen molar-refractivity contribution in [2.45, 2.75) is 19.8 Å². The molecule has 1 aromatic rings. The molecule has 1 aromatic carbocycles. The van der Waals surface area contributed by atoms with Gasteiger partial charge in [0, 0.05) is 13.1 Å². The van der Waals surface area contributed by atoms with Gasteiger partial charge in [-0.25, -0.2) is 4.39 Å². The first-order valence-electron chi connectivity index (χ1n) is 6.56. The molecule has 21 heavy (non-hydrogen) atoms. The Labute approximate surface area is 122 Å². The average Bonchev–Trinajstić information content (AvgIpc) is 2.37. The molecule has 116 valence electrons. The van der Waals surface area contributed by atoms with Gasteiger partial charge in [0.25, 0.3) is 0 Å². The highest BCUT2D eigenvalue weighted by atomic mass is 32.2. The summed E-state index contributed by atoms with van der Waals surface area (Å²) in [5.41, 5.74) is 0.769. The maximum Gasteiger partial charge on any atom is 0.306 e. The highest BCUT2D eigenvalue weighted by Gasteiger charge is 2.31. The van der Waals surface area contributed by atoms with Crippen LogP contribution in [0.4, 0.5) is 10.1 Å². The lowest BCUT2D eigenvalue weighted by Gasteiger charge is -2.29. The van der Waals surface area contributed by atoms with Crippen LogP contribution in [0.2, 0.25) is 0 Å². The molecule has 2 N–H and O–H groups in total. The van der Waals surface area contributed by atoms with Gasteiger partial charge in [-0.3, -0.25) is 9.52 Å². The molecule has 1 aliphatic rings. The van der Waals surface area contributed by atoms with Gasteiger partial charge in [-0.15, -0.1) is 0 Å². The van der Waals surface area contributed by atoms with Gasteiger partial charge in [0.15, 0.2) is 0 Å². The first kappa shape index (κ1) is 15.7. The Bertz CT molecular complexity index is 619. The number of aliphatic carboxylic acids is 1. The predicted molar refractivity (Wildman–Crippen MR) is 75.6 cm³/mol. The third-order valence-electron chi connectivity index (χ3n) is 3.43. The number of carboxylic acids is 1. The molecule has 0 bridgehead atoms. The normalized spacial score (nSPS) is 17.6. The fourth-order valence-electron chi connectivity index (χ4n) is 2.35. The third kappa shape index (κ3) is 3.92. The van der Waals surface area contributed by atoms with Crippen molar-refractivity contribution in [1.29, 1.82) is 0 Å². The second-order valence-corrected chi connectivity index (χ2v) is 6.81. The maximum absolute atomic E-state index is 13.3. The van der Waals surface area contributed by atoms with Crippen molar-refractivity contribution in [3.8, 4) is 0 Å². The predicted octanol–water partition coefficient (Wildman–Crippen LogP) is 1.59. The van der Waals surface area contributed by atoms with Gasteiger partial charge in [0.05, 0.1) is 11.6 Å². The SMILES string of the molecule is Cc1cc(F)cc(NS(=O)(=O)N2CCC(C(=O)O)CC2)c1. The molecular formula is C13H17FN2O4S. The Kier molecular flexibility index (Phi) is 4.48. The number of halogens is 1. The van der Waals surface area contributed by atoms with E-state index < -0.39 is 27.9 Å². The van der Waals surface area contributed by atoms with Gasteiger partial charge in [-0.2, -0.15) is 12.7 Å². The molecule has 1 saturated heterocycles. The Hall–Kier alpha value is -1.67. The lowest BCUT2D eigenvalue weighted by molar-refractivity contribution is -0.142. The molecule has 0 aromatic heterocycles. The number of carbonyl (C=O) groups is 1. The van der Waals surface area contributed by atoms with Crippen LogP contribution in [0.3, 0.4) is 0 Å². The summed E-state index contributed by atoms with van der Waals surface area (Å²) in [4.78, 5) is 10.9. The number of aryl methyl sites for hydroxylation is 1. The van der Waals surface area contributed by atoms with E-state index in [2.05, 4.69) is 4.72 Å². The molecule has 1 heterocycles. The van der Waals surface area contributed by atoms with Crippen molar-refractivity contribution >= 4 is 21.9 Å². The summed E-state index contributed by atoms with van der Waals surface area (Å²) in [5.74, 6) is -1.93. The summed E-state index contributed by atoms with van der Waals surface area (Å²) in [6.45, 7) is 1.94. The summed E-state index contributed by atoms with van der Waals surface area (Å²) in [6, 6.07) is 3.94.